The summed E-state index contributed by atoms with van der Waals surface area (Å²) in [6.45, 7) is 5.25. The standard InChI is InChI=1S/C27H36N4O2/c1-29(18-21-7-5-4-6-8-21)16-13-28-27(32)22-11-14-31(15-12-22)20-23-19-30(2)26-10-9-24(33-3)17-25(23)26/h4-10,17,19,22H,11-16,18,20H2,1-3H3,(H,28,32). The van der Waals surface area contributed by atoms with Gasteiger partial charge in [0.25, 0.3) is 0 Å². The van der Waals surface area contributed by atoms with E-state index in [9.17, 15) is 4.79 Å². The number of hydrogen-bond donors (Lipinski definition) is 1. The van der Waals surface area contributed by atoms with Crippen molar-refractivity contribution in [3.63, 3.8) is 0 Å². The summed E-state index contributed by atoms with van der Waals surface area (Å²) in [5.41, 5.74) is 3.83. The van der Waals surface area contributed by atoms with E-state index in [1.54, 1.807) is 7.11 Å². The van der Waals surface area contributed by atoms with Gasteiger partial charge >= 0.3 is 0 Å². The maximum atomic E-state index is 12.7. The molecule has 0 unspecified atom stereocenters. The molecule has 0 aliphatic carbocycles. The molecule has 1 aliphatic rings. The summed E-state index contributed by atoms with van der Waals surface area (Å²) in [5, 5.41) is 4.40. The number of aryl methyl sites for hydroxylation is 1. The van der Waals surface area contributed by atoms with Gasteiger partial charge in [-0.25, -0.2) is 0 Å². The SMILES string of the molecule is COc1ccc2c(c1)c(CN1CCC(C(=O)NCCN(C)Cc3ccccc3)CC1)cn2C. The number of nitrogens with one attached hydrogen (secondary N) is 1. The molecule has 3 aromatic rings. The van der Waals surface area contributed by atoms with Crippen LogP contribution in [-0.2, 0) is 24.9 Å². The smallest absolute Gasteiger partial charge is 0.223 e. The number of fused-ring (bicyclic) bond motifs is 1. The van der Waals surface area contributed by atoms with Crippen molar-refractivity contribution < 1.29 is 9.53 Å². The number of nitrogens with zero attached hydrogens (tertiary/aromatic N) is 3. The molecule has 1 aromatic heterocycles. The molecular weight excluding hydrogens is 412 g/mol. The molecule has 1 fully saturated rings. The molecule has 1 N–H and O–H groups in total. The third-order valence-corrected chi connectivity index (χ3v) is 6.72. The fraction of sp³-hybridized carbons (Fsp3) is 0.444. The van der Waals surface area contributed by atoms with E-state index in [4.69, 9.17) is 4.74 Å². The van der Waals surface area contributed by atoms with Crippen molar-refractivity contribution in [3.05, 3.63) is 65.9 Å². The molecule has 0 saturated carbocycles. The van der Waals surface area contributed by atoms with Crippen LogP contribution in [0, 0.1) is 5.92 Å². The van der Waals surface area contributed by atoms with Crippen molar-refractivity contribution >= 4 is 16.8 Å². The number of likely N-dealkylation sites (N-methyl/N-ethyl adjacent to an activating group) is 1. The van der Waals surface area contributed by atoms with Gasteiger partial charge in [0.15, 0.2) is 0 Å². The molecule has 1 aliphatic heterocycles. The minimum absolute atomic E-state index is 0.119. The van der Waals surface area contributed by atoms with Crippen molar-refractivity contribution in [2.45, 2.75) is 25.9 Å². The van der Waals surface area contributed by atoms with Crippen LogP contribution in [0.2, 0.25) is 0 Å². The Balaban J connectivity index is 1.22. The van der Waals surface area contributed by atoms with Crippen LogP contribution in [0.3, 0.4) is 0 Å². The molecule has 2 heterocycles. The summed E-state index contributed by atoms with van der Waals surface area (Å²) in [4.78, 5) is 17.4. The molecule has 6 heteroatoms. The monoisotopic (exact) mass is 448 g/mol. The minimum Gasteiger partial charge on any atom is -0.497 e. The second-order valence-electron chi connectivity index (χ2n) is 9.21. The van der Waals surface area contributed by atoms with Gasteiger partial charge in [-0.15, -0.1) is 0 Å². The van der Waals surface area contributed by atoms with Crippen LogP contribution in [0.4, 0.5) is 0 Å². The first-order valence-corrected chi connectivity index (χ1v) is 11.9. The van der Waals surface area contributed by atoms with Gasteiger partial charge in [-0.2, -0.15) is 0 Å². The number of ether oxygens (including phenoxy) is 1. The molecule has 6 nitrogen and oxygen atoms in total. The maximum absolute atomic E-state index is 12.7. The molecule has 4 rings (SSSR count). The average molecular weight is 449 g/mol. The van der Waals surface area contributed by atoms with Crippen molar-refractivity contribution in [1.29, 1.82) is 0 Å². The van der Waals surface area contributed by atoms with E-state index in [1.807, 2.05) is 12.1 Å². The molecule has 0 radical (unpaired) electrons. The van der Waals surface area contributed by atoms with E-state index < -0.39 is 0 Å². The lowest BCUT2D eigenvalue weighted by molar-refractivity contribution is -0.126. The van der Waals surface area contributed by atoms with Crippen LogP contribution in [0.1, 0.15) is 24.0 Å². The van der Waals surface area contributed by atoms with E-state index in [0.717, 1.165) is 51.3 Å². The lowest BCUT2D eigenvalue weighted by Crippen LogP contribution is -2.42. The number of likely N-dealkylation sites (tertiary alicyclic amines) is 1. The molecule has 0 bridgehead atoms. The van der Waals surface area contributed by atoms with Crippen molar-refractivity contribution in [2.24, 2.45) is 13.0 Å². The minimum atomic E-state index is 0.119. The fourth-order valence-corrected chi connectivity index (χ4v) is 4.79. The average Bonchev–Trinajstić information content (AvgIpc) is 3.14. The first kappa shape index (κ1) is 23.3. The number of benzene rings is 2. The summed E-state index contributed by atoms with van der Waals surface area (Å²) in [7, 11) is 5.90. The zero-order chi connectivity index (χ0) is 23.2. The highest BCUT2D eigenvalue weighted by atomic mass is 16.5. The molecule has 33 heavy (non-hydrogen) atoms. The number of aromatic nitrogens is 1. The van der Waals surface area contributed by atoms with E-state index in [0.29, 0.717) is 6.54 Å². The van der Waals surface area contributed by atoms with Crippen LogP contribution in [-0.4, -0.2) is 60.6 Å². The fourth-order valence-electron chi connectivity index (χ4n) is 4.79. The Kier molecular flexibility index (Phi) is 7.68. The Bertz CT molecular complexity index is 1050. The highest BCUT2D eigenvalue weighted by Crippen LogP contribution is 2.28. The molecule has 0 atom stereocenters. The van der Waals surface area contributed by atoms with Crippen LogP contribution in [0.5, 0.6) is 5.75 Å². The molecule has 2 aromatic carbocycles. The van der Waals surface area contributed by atoms with Gasteiger partial charge < -0.3 is 19.5 Å². The Morgan fingerprint density at radius 3 is 2.64 bits per heavy atom. The summed E-state index contributed by atoms with van der Waals surface area (Å²) >= 11 is 0. The van der Waals surface area contributed by atoms with Crippen molar-refractivity contribution in [3.8, 4) is 5.75 Å². The van der Waals surface area contributed by atoms with Gasteiger partial charge in [0.2, 0.25) is 5.91 Å². The van der Waals surface area contributed by atoms with Crippen LogP contribution in [0.15, 0.2) is 54.7 Å². The maximum Gasteiger partial charge on any atom is 0.223 e. The number of carbonyl (C=O) groups is 1. The van der Waals surface area contributed by atoms with Crippen LogP contribution < -0.4 is 10.1 Å². The number of carbonyl (C=O) groups excluding carboxylic acids is 1. The predicted molar refractivity (Wildman–Crippen MR) is 133 cm³/mol. The number of amides is 1. The predicted octanol–water partition coefficient (Wildman–Crippen LogP) is 3.65. The van der Waals surface area contributed by atoms with Gasteiger partial charge in [0, 0.05) is 56.2 Å². The van der Waals surface area contributed by atoms with Crippen molar-refractivity contribution in [1.82, 2.24) is 19.7 Å². The lowest BCUT2D eigenvalue weighted by Gasteiger charge is -2.31. The van der Waals surface area contributed by atoms with Gasteiger partial charge in [-0.05, 0) is 62.3 Å². The Morgan fingerprint density at radius 1 is 1.15 bits per heavy atom. The van der Waals surface area contributed by atoms with Gasteiger partial charge in [-0.1, -0.05) is 30.3 Å². The van der Waals surface area contributed by atoms with Crippen LogP contribution in [0.25, 0.3) is 10.9 Å². The van der Waals surface area contributed by atoms with Crippen LogP contribution >= 0.6 is 0 Å². The highest BCUT2D eigenvalue weighted by molar-refractivity contribution is 5.85. The summed E-state index contributed by atoms with van der Waals surface area (Å²) < 4.78 is 7.60. The van der Waals surface area contributed by atoms with Gasteiger partial charge in [0.1, 0.15) is 5.75 Å². The summed E-state index contributed by atoms with van der Waals surface area (Å²) in [6, 6.07) is 16.7. The molecular formula is C27H36N4O2. The topological polar surface area (TPSA) is 49.7 Å². The van der Waals surface area contributed by atoms with E-state index in [-0.39, 0.29) is 11.8 Å². The quantitative estimate of drug-likeness (QED) is 0.543. The number of hydrogen-bond acceptors (Lipinski definition) is 4. The second kappa shape index (κ2) is 10.9. The first-order chi connectivity index (χ1) is 16.0. The lowest BCUT2D eigenvalue weighted by atomic mass is 9.95. The highest BCUT2D eigenvalue weighted by Gasteiger charge is 2.25. The van der Waals surface area contributed by atoms with E-state index >= 15 is 0 Å². The number of rotatable bonds is 9. The van der Waals surface area contributed by atoms with E-state index in [1.165, 1.54) is 22.0 Å². The van der Waals surface area contributed by atoms with Gasteiger partial charge in [-0.3, -0.25) is 9.69 Å². The second-order valence-corrected chi connectivity index (χ2v) is 9.21. The molecule has 0 spiro atoms. The Labute approximate surface area is 197 Å². The third-order valence-electron chi connectivity index (χ3n) is 6.72. The third kappa shape index (κ3) is 5.95. The Hall–Kier alpha value is -2.83. The van der Waals surface area contributed by atoms with E-state index in [2.05, 4.69) is 76.4 Å². The zero-order valence-electron chi connectivity index (χ0n) is 20.1. The molecule has 1 amide bonds. The molecule has 1 saturated heterocycles. The number of methoxy groups -OCH3 is 1. The number of piperidine rings is 1. The first-order valence-electron chi connectivity index (χ1n) is 11.9. The zero-order valence-corrected chi connectivity index (χ0v) is 20.1. The van der Waals surface area contributed by atoms with Gasteiger partial charge in [0.05, 0.1) is 7.11 Å². The summed E-state index contributed by atoms with van der Waals surface area (Å²) in [5.74, 6) is 1.21. The Morgan fingerprint density at radius 2 is 1.91 bits per heavy atom. The normalized spacial score (nSPS) is 15.3. The van der Waals surface area contributed by atoms with Crippen molar-refractivity contribution in [2.75, 3.05) is 40.3 Å². The molecule has 176 valence electrons. The largest absolute Gasteiger partial charge is 0.497 e. The summed E-state index contributed by atoms with van der Waals surface area (Å²) in [6.07, 6.45) is 4.05.